The van der Waals surface area contributed by atoms with Gasteiger partial charge in [-0.25, -0.2) is 9.78 Å². The zero-order valence-corrected chi connectivity index (χ0v) is 12.1. The summed E-state index contributed by atoms with van der Waals surface area (Å²) in [7, 11) is 0. The molecule has 0 spiro atoms. The lowest BCUT2D eigenvalue weighted by atomic mass is 10.2. The first kappa shape index (κ1) is 15.0. The molecule has 1 aromatic heterocycles. The summed E-state index contributed by atoms with van der Waals surface area (Å²) in [6.45, 7) is 6.21. The van der Waals surface area contributed by atoms with Crippen LogP contribution < -0.4 is 5.32 Å². The van der Waals surface area contributed by atoms with E-state index in [1.807, 2.05) is 0 Å². The highest BCUT2D eigenvalue weighted by Gasteiger charge is 2.19. The van der Waals surface area contributed by atoms with Gasteiger partial charge in [0.15, 0.2) is 0 Å². The number of rotatable bonds is 5. The maximum Gasteiger partial charge on any atom is 0.335 e. The van der Waals surface area contributed by atoms with Crippen LogP contribution in [0.1, 0.15) is 17.3 Å². The highest BCUT2D eigenvalue weighted by atomic mass is 35.5. The molecule has 0 saturated carbocycles. The van der Waals surface area contributed by atoms with Crippen molar-refractivity contribution in [2.24, 2.45) is 0 Å². The average molecular weight is 300 g/mol. The van der Waals surface area contributed by atoms with Crippen molar-refractivity contribution in [1.29, 1.82) is 0 Å². The molecule has 6 nitrogen and oxygen atoms in total. The zero-order valence-electron chi connectivity index (χ0n) is 11.3. The van der Waals surface area contributed by atoms with Crippen LogP contribution in [0.2, 0.25) is 5.15 Å². The molecule has 1 aliphatic rings. The number of halogens is 1. The fraction of sp³-hybridized carbons (Fsp3) is 0.538. The SMILES string of the molecule is CCN1CCOC(CNc2cc(C(=O)O)cc(Cl)n2)C1. The van der Waals surface area contributed by atoms with E-state index in [4.69, 9.17) is 21.4 Å². The number of aromatic carboxylic acids is 1. The first-order chi connectivity index (χ1) is 9.58. The standard InChI is InChI=1S/C13H18ClN3O3/c1-2-17-3-4-20-10(8-17)7-15-12-6-9(13(18)19)5-11(14)16-12/h5-6,10H,2-4,7-8H2,1H3,(H,15,16)(H,18,19). The van der Waals surface area contributed by atoms with Crippen LogP contribution in [0.3, 0.4) is 0 Å². The van der Waals surface area contributed by atoms with Crippen LogP contribution in [-0.2, 0) is 4.74 Å². The quantitative estimate of drug-likeness (QED) is 0.804. The summed E-state index contributed by atoms with van der Waals surface area (Å²) in [6.07, 6.45) is 0.0674. The Labute approximate surface area is 122 Å². The number of ether oxygens (including phenoxy) is 1. The van der Waals surface area contributed by atoms with Gasteiger partial charge in [0, 0.05) is 19.6 Å². The predicted octanol–water partition coefficient (Wildman–Crippen LogP) is 1.57. The second kappa shape index (κ2) is 6.88. The van der Waals surface area contributed by atoms with Crippen molar-refractivity contribution in [2.45, 2.75) is 13.0 Å². The first-order valence-corrected chi connectivity index (χ1v) is 6.95. The van der Waals surface area contributed by atoms with Gasteiger partial charge in [0.1, 0.15) is 11.0 Å². The molecular weight excluding hydrogens is 282 g/mol. The number of carboxylic acid groups (broad SMARTS) is 1. The van der Waals surface area contributed by atoms with Crippen molar-refractivity contribution >= 4 is 23.4 Å². The largest absolute Gasteiger partial charge is 0.478 e. The number of nitrogens with one attached hydrogen (secondary N) is 1. The number of pyridine rings is 1. The van der Waals surface area contributed by atoms with E-state index in [1.54, 1.807) is 0 Å². The van der Waals surface area contributed by atoms with Crippen LogP contribution in [0.25, 0.3) is 0 Å². The molecule has 1 aromatic rings. The summed E-state index contributed by atoms with van der Waals surface area (Å²) in [5, 5.41) is 12.2. The van der Waals surface area contributed by atoms with Crippen molar-refractivity contribution in [3.05, 3.63) is 22.8 Å². The molecule has 1 saturated heterocycles. The molecule has 2 N–H and O–H groups in total. The maximum absolute atomic E-state index is 10.9. The molecule has 110 valence electrons. The van der Waals surface area contributed by atoms with Crippen LogP contribution in [0.4, 0.5) is 5.82 Å². The Morgan fingerprint density at radius 3 is 3.15 bits per heavy atom. The third-order valence-corrected chi connectivity index (χ3v) is 3.42. The van der Waals surface area contributed by atoms with E-state index in [1.165, 1.54) is 12.1 Å². The van der Waals surface area contributed by atoms with Crippen LogP contribution in [-0.4, -0.2) is 59.8 Å². The van der Waals surface area contributed by atoms with E-state index >= 15 is 0 Å². The number of hydrogen-bond acceptors (Lipinski definition) is 5. The molecule has 0 radical (unpaired) electrons. The minimum Gasteiger partial charge on any atom is -0.478 e. The van der Waals surface area contributed by atoms with E-state index in [0.29, 0.717) is 19.0 Å². The molecule has 1 unspecified atom stereocenters. The highest BCUT2D eigenvalue weighted by Crippen LogP contribution is 2.15. The molecule has 0 amide bonds. The third kappa shape index (κ3) is 4.06. The molecule has 1 aliphatic heterocycles. The van der Waals surface area contributed by atoms with Crippen molar-refractivity contribution in [1.82, 2.24) is 9.88 Å². The summed E-state index contributed by atoms with van der Waals surface area (Å²) in [4.78, 5) is 17.3. The van der Waals surface area contributed by atoms with Gasteiger partial charge < -0.3 is 15.2 Å². The molecular formula is C13H18ClN3O3. The lowest BCUT2D eigenvalue weighted by Crippen LogP contribution is -2.45. The Balaban J connectivity index is 1.95. The van der Waals surface area contributed by atoms with Gasteiger partial charge in [0.25, 0.3) is 0 Å². The maximum atomic E-state index is 10.9. The number of morpholine rings is 1. The molecule has 1 atom stereocenters. The summed E-state index contributed by atoms with van der Waals surface area (Å²) in [5.74, 6) is -0.574. The second-order valence-electron chi connectivity index (χ2n) is 4.64. The van der Waals surface area contributed by atoms with Crippen molar-refractivity contribution in [3.8, 4) is 0 Å². The normalized spacial score (nSPS) is 19.8. The molecule has 0 bridgehead atoms. The molecule has 1 fully saturated rings. The van der Waals surface area contributed by atoms with E-state index in [-0.39, 0.29) is 16.8 Å². The summed E-state index contributed by atoms with van der Waals surface area (Å²) < 4.78 is 5.66. The Morgan fingerprint density at radius 1 is 1.65 bits per heavy atom. The number of nitrogens with zero attached hydrogens (tertiary/aromatic N) is 2. The predicted molar refractivity (Wildman–Crippen MR) is 76.6 cm³/mol. The lowest BCUT2D eigenvalue weighted by Gasteiger charge is -2.32. The molecule has 2 rings (SSSR count). The van der Waals surface area contributed by atoms with E-state index in [9.17, 15) is 4.79 Å². The van der Waals surface area contributed by atoms with E-state index in [0.717, 1.165) is 19.6 Å². The molecule has 20 heavy (non-hydrogen) atoms. The molecule has 2 heterocycles. The van der Waals surface area contributed by atoms with Gasteiger partial charge in [0.05, 0.1) is 18.3 Å². The third-order valence-electron chi connectivity index (χ3n) is 3.22. The number of carbonyl (C=O) groups is 1. The summed E-state index contributed by atoms with van der Waals surface area (Å²) in [5.41, 5.74) is 0.118. The van der Waals surface area contributed by atoms with Crippen molar-refractivity contribution < 1.29 is 14.6 Å². The topological polar surface area (TPSA) is 74.7 Å². The van der Waals surface area contributed by atoms with Gasteiger partial charge in [-0.05, 0) is 18.7 Å². The van der Waals surface area contributed by atoms with Crippen LogP contribution in [0, 0.1) is 0 Å². The Bertz CT molecular complexity index is 484. The molecule has 7 heteroatoms. The molecule has 0 aliphatic carbocycles. The minimum atomic E-state index is -1.02. The van der Waals surface area contributed by atoms with Gasteiger partial charge in [-0.15, -0.1) is 0 Å². The Kier molecular flexibility index (Phi) is 5.17. The number of likely N-dealkylation sites (N-methyl/N-ethyl adjacent to an activating group) is 1. The smallest absolute Gasteiger partial charge is 0.335 e. The van der Waals surface area contributed by atoms with Gasteiger partial charge in [-0.2, -0.15) is 0 Å². The zero-order chi connectivity index (χ0) is 14.5. The van der Waals surface area contributed by atoms with Crippen molar-refractivity contribution in [2.75, 3.05) is 38.1 Å². The van der Waals surface area contributed by atoms with E-state index in [2.05, 4.69) is 22.1 Å². The number of anilines is 1. The fourth-order valence-corrected chi connectivity index (χ4v) is 2.33. The minimum absolute atomic E-state index is 0.0674. The Morgan fingerprint density at radius 2 is 2.45 bits per heavy atom. The monoisotopic (exact) mass is 299 g/mol. The first-order valence-electron chi connectivity index (χ1n) is 6.57. The summed E-state index contributed by atoms with van der Waals surface area (Å²) in [6, 6.07) is 2.79. The Hall–Kier alpha value is -1.37. The number of aromatic nitrogens is 1. The van der Waals surface area contributed by atoms with Crippen LogP contribution in [0.15, 0.2) is 12.1 Å². The van der Waals surface area contributed by atoms with E-state index < -0.39 is 5.97 Å². The fourth-order valence-electron chi connectivity index (χ4n) is 2.12. The van der Waals surface area contributed by atoms with Crippen molar-refractivity contribution in [3.63, 3.8) is 0 Å². The highest BCUT2D eigenvalue weighted by molar-refractivity contribution is 6.29. The van der Waals surface area contributed by atoms with Crippen LogP contribution >= 0.6 is 11.6 Å². The summed E-state index contributed by atoms with van der Waals surface area (Å²) >= 11 is 5.81. The average Bonchev–Trinajstić information content (AvgIpc) is 2.44. The van der Waals surface area contributed by atoms with Gasteiger partial charge in [-0.1, -0.05) is 18.5 Å². The van der Waals surface area contributed by atoms with Gasteiger partial charge in [-0.3, -0.25) is 4.90 Å². The second-order valence-corrected chi connectivity index (χ2v) is 5.02. The van der Waals surface area contributed by atoms with Gasteiger partial charge >= 0.3 is 5.97 Å². The van der Waals surface area contributed by atoms with Crippen LogP contribution in [0.5, 0.6) is 0 Å². The number of carboxylic acids is 1. The number of hydrogen-bond donors (Lipinski definition) is 2. The van der Waals surface area contributed by atoms with Gasteiger partial charge in [0.2, 0.25) is 0 Å². The lowest BCUT2D eigenvalue weighted by molar-refractivity contribution is -0.0192. The molecule has 0 aromatic carbocycles.